The number of carbonyl (C=O) groups excluding carboxylic acids is 3. The third-order valence-electron chi connectivity index (χ3n) is 5.98. The molecule has 0 aromatic heterocycles. The van der Waals surface area contributed by atoms with Crippen LogP contribution >= 0.6 is 0 Å². The molecule has 11 heteroatoms. The number of benzene rings is 1. The molecule has 2 aliphatic heterocycles. The van der Waals surface area contributed by atoms with Crippen molar-refractivity contribution in [3.05, 3.63) is 34.4 Å². The second kappa shape index (κ2) is 11.5. The highest BCUT2D eigenvalue weighted by molar-refractivity contribution is 5.81. The highest BCUT2D eigenvalue weighted by Gasteiger charge is 2.30. The highest BCUT2D eigenvalue weighted by Crippen LogP contribution is 2.31. The lowest BCUT2D eigenvalue weighted by molar-refractivity contribution is -0.384. The lowest BCUT2D eigenvalue weighted by Gasteiger charge is -2.32. The normalized spacial score (nSPS) is 17.4. The van der Waals surface area contributed by atoms with Crippen LogP contribution in [-0.4, -0.2) is 73.2 Å². The Morgan fingerprint density at radius 2 is 1.73 bits per heavy atom. The monoisotopic (exact) mass is 462 g/mol. The van der Waals surface area contributed by atoms with Crippen molar-refractivity contribution in [3.63, 3.8) is 0 Å². The summed E-state index contributed by atoms with van der Waals surface area (Å²) in [5.74, 6) is -1.13. The maximum Gasteiger partial charge on any atom is 0.409 e. The zero-order valence-electron chi connectivity index (χ0n) is 18.7. The summed E-state index contributed by atoms with van der Waals surface area (Å²) in [6.45, 7) is 3.73. The zero-order valence-corrected chi connectivity index (χ0v) is 18.7. The van der Waals surface area contributed by atoms with Crippen molar-refractivity contribution in [3.8, 4) is 0 Å². The molecule has 0 spiro atoms. The average molecular weight is 463 g/mol. The quantitative estimate of drug-likeness (QED) is 0.370. The number of nitrogens with one attached hydrogen (secondary N) is 1. The van der Waals surface area contributed by atoms with Gasteiger partial charge in [0, 0.05) is 38.3 Å². The van der Waals surface area contributed by atoms with Crippen molar-refractivity contribution in [1.82, 2.24) is 10.2 Å². The van der Waals surface area contributed by atoms with E-state index < -0.39 is 10.9 Å². The predicted octanol–water partition coefficient (Wildman–Crippen LogP) is 2.09. The van der Waals surface area contributed by atoms with Crippen LogP contribution in [0.15, 0.2) is 24.3 Å². The van der Waals surface area contributed by atoms with Crippen LogP contribution in [-0.2, 0) is 19.1 Å². The van der Waals surface area contributed by atoms with Gasteiger partial charge in [-0.25, -0.2) is 4.79 Å². The van der Waals surface area contributed by atoms with E-state index in [0.29, 0.717) is 64.2 Å². The van der Waals surface area contributed by atoms with Gasteiger partial charge >= 0.3 is 12.1 Å². The summed E-state index contributed by atoms with van der Waals surface area (Å²) in [4.78, 5) is 50.7. The summed E-state index contributed by atoms with van der Waals surface area (Å²) in [5.41, 5.74) is 0.589. The number of piperidine rings is 2. The van der Waals surface area contributed by atoms with E-state index in [2.05, 4.69) is 5.32 Å². The third-order valence-corrected chi connectivity index (χ3v) is 5.98. The summed E-state index contributed by atoms with van der Waals surface area (Å²) < 4.78 is 10.2. The van der Waals surface area contributed by atoms with Crippen molar-refractivity contribution in [2.75, 3.05) is 44.3 Å². The fourth-order valence-electron chi connectivity index (χ4n) is 4.19. The summed E-state index contributed by atoms with van der Waals surface area (Å²) in [5, 5.41) is 14.1. The molecule has 0 bridgehead atoms. The number of nitro groups is 1. The molecule has 0 unspecified atom stereocenters. The molecule has 180 valence electrons. The zero-order chi connectivity index (χ0) is 23.8. The Labute approximate surface area is 192 Å². The molecule has 0 saturated carbocycles. The van der Waals surface area contributed by atoms with Crippen LogP contribution in [0.3, 0.4) is 0 Å². The van der Waals surface area contributed by atoms with E-state index in [4.69, 9.17) is 9.47 Å². The molecule has 0 atom stereocenters. The number of esters is 1. The third kappa shape index (κ3) is 6.56. The number of amides is 2. The Morgan fingerprint density at radius 3 is 2.36 bits per heavy atom. The van der Waals surface area contributed by atoms with Gasteiger partial charge in [-0.3, -0.25) is 19.7 Å². The van der Waals surface area contributed by atoms with Gasteiger partial charge in [-0.05, 0) is 38.7 Å². The molecule has 2 fully saturated rings. The maximum absolute atomic E-state index is 12.4. The lowest BCUT2D eigenvalue weighted by Crippen LogP contribution is -2.47. The molecule has 1 N–H and O–H groups in total. The van der Waals surface area contributed by atoms with Crippen molar-refractivity contribution < 1.29 is 28.8 Å². The van der Waals surface area contributed by atoms with Gasteiger partial charge in [0.15, 0.2) is 6.61 Å². The lowest BCUT2D eigenvalue weighted by atomic mass is 9.96. The first-order valence-corrected chi connectivity index (χ1v) is 11.2. The number of para-hydroxylation sites is 2. The van der Waals surface area contributed by atoms with E-state index in [1.165, 1.54) is 6.07 Å². The van der Waals surface area contributed by atoms with Crippen molar-refractivity contribution in [2.45, 2.75) is 38.6 Å². The summed E-state index contributed by atoms with van der Waals surface area (Å²) in [6, 6.07) is 6.47. The summed E-state index contributed by atoms with van der Waals surface area (Å²) >= 11 is 0. The smallest absolute Gasteiger partial charge is 0.409 e. The Bertz CT molecular complexity index is 862. The van der Waals surface area contributed by atoms with E-state index in [1.54, 1.807) is 30.0 Å². The Balaban J connectivity index is 1.37. The Kier molecular flexibility index (Phi) is 8.45. The summed E-state index contributed by atoms with van der Waals surface area (Å²) in [7, 11) is 0. The fraction of sp³-hybridized carbons (Fsp3) is 0.591. The number of anilines is 1. The second-order valence-electron chi connectivity index (χ2n) is 8.14. The number of hydrogen-bond acceptors (Lipinski definition) is 8. The van der Waals surface area contributed by atoms with Crippen molar-refractivity contribution in [2.24, 2.45) is 5.92 Å². The standard InChI is InChI=1S/C22H30N4O7/c1-2-32-22(29)25-13-9-17(10-14-25)23-20(27)15-33-21(28)16-7-11-24(12-8-16)18-5-3-4-6-19(18)26(30)31/h3-6,16-17H,2,7-15H2,1H3,(H,23,27). The van der Waals surface area contributed by atoms with Gasteiger partial charge in [-0.2, -0.15) is 0 Å². The molecular weight excluding hydrogens is 432 g/mol. The first kappa shape index (κ1) is 24.3. The second-order valence-corrected chi connectivity index (χ2v) is 8.14. The van der Waals surface area contributed by atoms with Gasteiger partial charge < -0.3 is 24.6 Å². The minimum atomic E-state index is -0.426. The van der Waals surface area contributed by atoms with Crippen molar-refractivity contribution in [1.29, 1.82) is 0 Å². The molecule has 2 amide bonds. The summed E-state index contributed by atoms with van der Waals surface area (Å²) in [6.07, 6.45) is 1.88. The van der Waals surface area contributed by atoms with Crippen LogP contribution in [0.1, 0.15) is 32.6 Å². The van der Waals surface area contributed by atoms with E-state index in [9.17, 15) is 24.5 Å². The average Bonchev–Trinajstić information content (AvgIpc) is 2.83. The molecule has 0 radical (unpaired) electrons. The SMILES string of the molecule is CCOC(=O)N1CCC(NC(=O)COC(=O)C2CCN(c3ccccc3[N+](=O)[O-])CC2)CC1. The molecular formula is C22H30N4O7. The fourth-order valence-corrected chi connectivity index (χ4v) is 4.19. The van der Waals surface area contributed by atoms with Gasteiger partial charge in [-0.1, -0.05) is 12.1 Å². The molecule has 2 aliphatic rings. The number of nitro benzene ring substituents is 1. The van der Waals surface area contributed by atoms with E-state index in [-0.39, 0.29) is 36.3 Å². The van der Waals surface area contributed by atoms with Crippen LogP contribution < -0.4 is 10.2 Å². The Hall–Kier alpha value is -3.37. The molecule has 2 heterocycles. The van der Waals surface area contributed by atoms with Crippen LogP contribution in [0.5, 0.6) is 0 Å². The number of carbonyl (C=O) groups is 3. The van der Waals surface area contributed by atoms with Gasteiger partial charge in [0.2, 0.25) is 0 Å². The molecule has 0 aliphatic carbocycles. The van der Waals surface area contributed by atoms with Crippen molar-refractivity contribution >= 4 is 29.3 Å². The first-order chi connectivity index (χ1) is 15.9. The molecule has 1 aromatic rings. The highest BCUT2D eigenvalue weighted by atomic mass is 16.6. The molecule has 33 heavy (non-hydrogen) atoms. The van der Waals surface area contributed by atoms with Gasteiger partial charge in [0.05, 0.1) is 17.4 Å². The van der Waals surface area contributed by atoms with Crippen LogP contribution in [0.2, 0.25) is 0 Å². The van der Waals surface area contributed by atoms with Gasteiger partial charge in [0.25, 0.3) is 11.6 Å². The minimum absolute atomic E-state index is 0.0447. The van der Waals surface area contributed by atoms with E-state index in [0.717, 1.165) is 0 Å². The van der Waals surface area contributed by atoms with E-state index >= 15 is 0 Å². The largest absolute Gasteiger partial charge is 0.455 e. The van der Waals surface area contributed by atoms with Gasteiger partial charge in [0.1, 0.15) is 5.69 Å². The predicted molar refractivity (Wildman–Crippen MR) is 119 cm³/mol. The molecule has 3 rings (SSSR count). The van der Waals surface area contributed by atoms with Gasteiger partial charge in [-0.15, -0.1) is 0 Å². The number of hydrogen-bond donors (Lipinski definition) is 1. The molecule has 11 nitrogen and oxygen atoms in total. The van der Waals surface area contributed by atoms with Crippen LogP contribution in [0.4, 0.5) is 16.2 Å². The topological polar surface area (TPSA) is 131 Å². The molecule has 2 saturated heterocycles. The van der Waals surface area contributed by atoms with Crippen LogP contribution in [0, 0.1) is 16.0 Å². The Morgan fingerprint density at radius 1 is 1.06 bits per heavy atom. The number of rotatable bonds is 7. The minimum Gasteiger partial charge on any atom is -0.455 e. The number of ether oxygens (including phenoxy) is 2. The maximum atomic E-state index is 12.4. The van der Waals surface area contributed by atoms with E-state index in [1.807, 2.05) is 4.90 Å². The molecule has 1 aromatic carbocycles. The van der Waals surface area contributed by atoms with Crippen LogP contribution in [0.25, 0.3) is 0 Å². The number of likely N-dealkylation sites (tertiary alicyclic amines) is 1. The first-order valence-electron chi connectivity index (χ1n) is 11.2. The number of nitrogens with zero attached hydrogens (tertiary/aromatic N) is 3.